The largest absolute Gasteiger partial charge is 0.410 e. The highest BCUT2D eigenvalue weighted by Gasteiger charge is 2.22. The summed E-state index contributed by atoms with van der Waals surface area (Å²) in [7, 11) is 2.61. The van der Waals surface area contributed by atoms with Crippen molar-refractivity contribution in [2.45, 2.75) is 26.2 Å². The third-order valence-corrected chi connectivity index (χ3v) is 1.88. The molecule has 16 heavy (non-hydrogen) atoms. The Balaban J connectivity index is 4.22. The quantitative estimate of drug-likeness (QED) is 0.469. The molecule has 6 nitrogen and oxygen atoms in total. The summed E-state index contributed by atoms with van der Waals surface area (Å²) < 4.78 is 14.0. The van der Waals surface area contributed by atoms with Crippen LogP contribution >= 0.6 is 0 Å². The van der Waals surface area contributed by atoms with E-state index in [1.54, 1.807) is 13.0 Å². The van der Waals surface area contributed by atoms with Gasteiger partial charge in [0.1, 0.15) is 11.7 Å². The Kier molecular flexibility index (Phi) is 7.09. The van der Waals surface area contributed by atoms with Crippen LogP contribution < -0.4 is 0 Å². The molecule has 0 fully saturated rings. The average molecular weight is 229 g/mol. The molecule has 0 saturated heterocycles. The van der Waals surface area contributed by atoms with E-state index in [0.29, 0.717) is 0 Å². The van der Waals surface area contributed by atoms with Crippen molar-refractivity contribution < 1.29 is 23.8 Å². The number of rotatable bonds is 7. The van der Waals surface area contributed by atoms with Crippen molar-refractivity contribution in [3.8, 4) is 6.07 Å². The van der Waals surface area contributed by atoms with Gasteiger partial charge >= 0.3 is 12.4 Å². The van der Waals surface area contributed by atoms with Crippen LogP contribution in [0.15, 0.2) is 0 Å². The summed E-state index contributed by atoms with van der Waals surface area (Å²) in [5, 5.41) is 8.68. The van der Waals surface area contributed by atoms with Gasteiger partial charge in [0.25, 0.3) is 0 Å². The van der Waals surface area contributed by atoms with Gasteiger partial charge in [-0.05, 0) is 0 Å². The van der Waals surface area contributed by atoms with E-state index in [2.05, 4.69) is 14.2 Å². The average Bonchev–Trinajstić information content (AvgIpc) is 2.31. The molecular formula is C10H15NO5. The number of hydrogen-bond donors (Lipinski definition) is 0. The summed E-state index contributed by atoms with van der Waals surface area (Å²) >= 11 is 0. The fourth-order valence-electron chi connectivity index (χ4n) is 0.992. The van der Waals surface area contributed by atoms with Crippen LogP contribution in [-0.2, 0) is 23.8 Å². The molecule has 0 aromatic carbocycles. The van der Waals surface area contributed by atoms with Crippen molar-refractivity contribution in [3.63, 3.8) is 0 Å². The van der Waals surface area contributed by atoms with E-state index in [-0.39, 0.29) is 18.6 Å². The standard InChI is InChI=1S/C10H15NO5/c1-4-8(12)7(6-11)5-9(13)16-10(14-2)15-3/h7,10H,4-5H2,1-3H3. The Morgan fingerprint density at radius 1 is 1.31 bits per heavy atom. The van der Waals surface area contributed by atoms with Crippen molar-refractivity contribution >= 4 is 11.8 Å². The number of esters is 1. The molecule has 90 valence electrons. The number of carbonyl (C=O) groups excluding carboxylic acids is 2. The third kappa shape index (κ3) is 4.87. The Morgan fingerprint density at radius 2 is 1.88 bits per heavy atom. The zero-order valence-electron chi connectivity index (χ0n) is 9.56. The first-order valence-electron chi connectivity index (χ1n) is 4.76. The summed E-state index contributed by atoms with van der Waals surface area (Å²) in [6.45, 7) is 0.522. The molecule has 1 atom stereocenters. The molecule has 0 aliphatic carbocycles. The first-order valence-corrected chi connectivity index (χ1v) is 4.76. The highest BCUT2D eigenvalue weighted by molar-refractivity contribution is 5.87. The maximum atomic E-state index is 11.3. The minimum Gasteiger partial charge on any atom is -0.410 e. The predicted octanol–water partition coefficient (Wildman–Crippen LogP) is 0.615. The first kappa shape index (κ1) is 14.6. The van der Waals surface area contributed by atoms with Gasteiger partial charge in [0.05, 0.1) is 12.5 Å². The molecule has 0 aromatic heterocycles. The normalized spacial score (nSPS) is 11.9. The van der Waals surface area contributed by atoms with Crippen molar-refractivity contribution in [3.05, 3.63) is 0 Å². The van der Waals surface area contributed by atoms with Gasteiger partial charge in [-0.2, -0.15) is 5.26 Å². The van der Waals surface area contributed by atoms with Crippen molar-refractivity contribution in [2.75, 3.05) is 14.2 Å². The summed E-state index contributed by atoms with van der Waals surface area (Å²) in [6.07, 6.45) is -0.0735. The van der Waals surface area contributed by atoms with E-state index >= 15 is 0 Å². The predicted molar refractivity (Wildman–Crippen MR) is 52.9 cm³/mol. The summed E-state index contributed by atoms with van der Waals surface area (Å²) in [5.74, 6) is -1.96. The SMILES string of the molecule is CCC(=O)C(C#N)CC(=O)OC(OC)OC. The van der Waals surface area contributed by atoms with E-state index in [9.17, 15) is 9.59 Å². The summed E-state index contributed by atoms with van der Waals surface area (Å²) in [5.41, 5.74) is 0. The summed E-state index contributed by atoms with van der Waals surface area (Å²) in [6, 6.07) is 1.76. The Morgan fingerprint density at radius 3 is 2.25 bits per heavy atom. The second-order valence-corrected chi connectivity index (χ2v) is 2.96. The molecule has 1 unspecified atom stereocenters. The fraction of sp³-hybridized carbons (Fsp3) is 0.700. The van der Waals surface area contributed by atoms with Gasteiger partial charge in [-0.3, -0.25) is 9.59 Å². The number of hydrogen-bond acceptors (Lipinski definition) is 6. The maximum Gasteiger partial charge on any atom is 0.317 e. The van der Waals surface area contributed by atoms with E-state index < -0.39 is 18.4 Å². The van der Waals surface area contributed by atoms with Gasteiger partial charge in [-0.1, -0.05) is 6.92 Å². The third-order valence-electron chi connectivity index (χ3n) is 1.88. The topological polar surface area (TPSA) is 85.6 Å². The molecular weight excluding hydrogens is 214 g/mol. The van der Waals surface area contributed by atoms with Gasteiger partial charge in [0.15, 0.2) is 0 Å². The summed E-state index contributed by atoms with van der Waals surface area (Å²) in [4.78, 5) is 22.5. The number of Topliss-reactive ketones (excluding diaryl/α,β-unsaturated/α-hetero) is 1. The molecule has 0 aromatic rings. The molecule has 0 N–H and O–H groups in total. The van der Waals surface area contributed by atoms with Crippen LogP contribution in [0, 0.1) is 17.2 Å². The zero-order valence-corrected chi connectivity index (χ0v) is 9.56. The smallest absolute Gasteiger partial charge is 0.317 e. The zero-order chi connectivity index (χ0) is 12.6. The fourth-order valence-corrected chi connectivity index (χ4v) is 0.992. The van der Waals surface area contributed by atoms with Crippen LogP contribution in [0.2, 0.25) is 0 Å². The van der Waals surface area contributed by atoms with Crippen LogP contribution in [0.25, 0.3) is 0 Å². The second kappa shape index (κ2) is 7.79. The number of ether oxygens (including phenoxy) is 3. The van der Waals surface area contributed by atoms with Crippen molar-refractivity contribution in [1.29, 1.82) is 5.26 Å². The molecule has 0 saturated carbocycles. The van der Waals surface area contributed by atoms with Crippen molar-refractivity contribution in [2.24, 2.45) is 5.92 Å². The molecule has 0 heterocycles. The lowest BCUT2D eigenvalue weighted by Crippen LogP contribution is -2.25. The first-order chi connectivity index (χ1) is 7.58. The van der Waals surface area contributed by atoms with E-state index in [4.69, 9.17) is 5.26 Å². The van der Waals surface area contributed by atoms with Gasteiger partial charge in [-0.15, -0.1) is 0 Å². The lowest BCUT2D eigenvalue weighted by atomic mass is 10.0. The molecule has 0 rings (SSSR count). The number of methoxy groups -OCH3 is 2. The molecule has 0 bridgehead atoms. The van der Waals surface area contributed by atoms with Gasteiger partial charge in [0, 0.05) is 20.6 Å². The van der Waals surface area contributed by atoms with E-state index in [1.165, 1.54) is 14.2 Å². The highest BCUT2D eigenvalue weighted by Crippen LogP contribution is 2.08. The van der Waals surface area contributed by atoms with Gasteiger partial charge in [0.2, 0.25) is 0 Å². The molecule has 0 radical (unpaired) electrons. The number of nitrogens with zero attached hydrogens (tertiary/aromatic N) is 1. The van der Waals surface area contributed by atoms with Crippen LogP contribution in [0.5, 0.6) is 0 Å². The van der Waals surface area contributed by atoms with Crippen molar-refractivity contribution in [1.82, 2.24) is 0 Å². The molecule has 6 heteroatoms. The van der Waals surface area contributed by atoms with E-state index in [0.717, 1.165) is 0 Å². The van der Waals surface area contributed by atoms with Crippen LogP contribution in [0.1, 0.15) is 19.8 Å². The minimum absolute atomic E-state index is 0.212. The Hall–Kier alpha value is -1.45. The molecule has 0 aliphatic rings. The minimum atomic E-state index is -1.11. The van der Waals surface area contributed by atoms with Crippen LogP contribution in [0.3, 0.4) is 0 Å². The van der Waals surface area contributed by atoms with Crippen LogP contribution in [0.4, 0.5) is 0 Å². The van der Waals surface area contributed by atoms with Crippen LogP contribution in [-0.4, -0.2) is 32.4 Å². The lowest BCUT2D eigenvalue weighted by Gasteiger charge is -2.14. The number of ketones is 1. The molecule has 0 aliphatic heterocycles. The van der Waals surface area contributed by atoms with Gasteiger partial charge < -0.3 is 14.2 Å². The second-order valence-electron chi connectivity index (χ2n) is 2.96. The number of carbonyl (C=O) groups is 2. The maximum absolute atomic E-state index is 11.3. The monoisotopic (exact) mass is 229 g/mol. The highest BCUT2D eigenvalue weighted by atomic mass is 16.8. The van der Waals surface area contributed by atoms with Gasteiger partial charge in [-0.25, -0.2) is 0 Å². The Labute approximate surface area is 94.1 Å². The lowest BCUT2D eigenvalue weighted by molar-refractivity contribution is -0.255. The Bertz CT molecular complexity index is 279. The number of nitriles is 1. The molecule has 0 amide bonds. The molecule has 0 spiro atoms. The van der Waals surface area contributed by atoms with E-state index in [1.807, 2.05) is 0 Å².